The molecule has 13 nitrogen and oxygen atoms in total. The molecule has 3 heterocycles. The van der Waals surface area contributed by atoms with Crippen LogP contribution in [0.25, 0.3) is 22.9 Å². The first kappa shape index (κ1) is 33.5. The van der Waals surface area contributed by atoms with Gasteiger partial charge in [-0.25, -0.2) is 4.79 Å². The number of benzene rings is 2. The van der Waals surface area contributed by atoms with Crippen molar-refractivity contribution >= 4 is 41.1 Å². The number of nitrogens with one attached hydrogen (secondary N) is 4. The Balaban J connectivity index is 1.41. The van der Waals surface area contributed by atoms with Crippen molar-refractivity contribution in [3.05, 3.63) is 83.4 Å². The third-order valence-corrected chi connectivity index (χ3v) is 7.98. The molecule has 1 aliphatic heterocycles. The Bertz CT molecular complexity index is 1680. The molecule has 2 atom stereocenters. The van der Waals surface area contributed by atoms with E-state index in [1.54, 1.807) is 37.6 Å². The Labute approximate surface area is 278 Å². The standard InChI is InChI=1S/C33H38ClN9O4/c1-46-16-15-35-20-26-5-3-4-6-28(40-32(44)12-7-23-17-24(34)8-11-31(23)43-21-37-41-42-43)30-18-22(13-14-36-30)27-10-9-25(19-29(27)38-26)39-33(45)47-2/h7-14,17-19,21,26,28,35,38H,3-6,15-16,20H2,1-2H3,(H,39,45)(H,40,44)/b12-7+/t26?,28-/m0/s1. The topological polar surface area (TPSA) is 157 Å². The van der Waals surface area contributed by atoms with Crippen LogP contribution < -0.4 is 21.3 Å². The van der Waals surface area contributed by atoms with Gasteiger partial charge in [0, 0.05) is 66.0 Å². The molecule has 0 radical (unpaired) electrons. The number of tetrazole rings is 1. The van der Waals surface area contributed by atoms with E-state index < -0.39 is 6.09 Å². The molecule has 0 aliphatic carbocycles. The summed E-state index contributed by atoms with van der Waals surface area (Å²) in [6, 6.07) is 14.7. The highest BCUT2D eigenvalue weighted by molar-refractivity contribution is 6.30. The SMILES string of the molecule is COCCNCC1CCCC[C@H](NC(=O)/C=C/c2cc(Cl)ccc2-n2cnnn2)c2cc(ccn2)-c2ccc(NC(=O)OC)cc2N1. The number of carbonyl (C=O) groups is 2. The summed E-state index contributed by atoms with van der Waals surface area (Å²) in [6.45, 7) is 2.07. The highest BCUT2D eigenvalue weighted by Gasteiger charge is 2.20. The number of hydrogen-bond acceptors (Lipinski definition) is 10. The van der Waals surface area contributed by atoms with Gasteiger partial charge in [-0.1, -0.05) is 30.5 Å². The zero-order valence-corrected chi connectivity index (χ0v) is 27.0. The van der Waals surface area contributed by atoms with Crippen molar-refractivity contribution in [2.75, 3.05) is 44.5 Å². The second kappa shape index (κ2) is 16.6. The number of hydrogen-bond donors (Lipinski definition) is 4. The second-order valence-electron chi connectivity index (χ2n) is 11.0. The van der Waals surface area contributed by atoms with Crippen LogP contribution in [0.5, 0.6) is 0 Å². The molecule has 5 rings (SSSR count). The molecule has 2 aromatic heterocycles. The molecule has 1 unspecified atom stereocenters. The minimum atomic E-state index is -0.545. The van der Waals surface area contributed by atoms with E-state index in [4.69, 9.17) is 21.1 Å². The van der Waals surface area contributed by atoms with Gasteiger partial charge in [0.2, 0.25) is 5.91 Å². The second-order valence-corrected chi connectivity index (χ2v) is 11.5. The van der Waals surface area contributed by atoms with E-state index in [0.29, 0.717) is 35.0 Å². The number of fused-ring (bicyclic) bond motifs is 4. The molecule has 246 valence electrons. The molecular formula is C33H38ClN9O4. The van der Waals surface area contributed by atoms with E-state index in [0.717, 1.165) is 54.9 Å². The van der Waals surface area contributed by atoms with Crippen LogP contribution in [-0.2, 0) is 14.3 Å². The number of ether oxygens (including phenoxy) is 2. The smallest absolute Gasteiger partial charge is 0.411 e. The third-order valence-electron chi connectivity index (χ3n) is 7.75. The number of aromatic nitrogens is 5. The predicted octanol–water partition coefficient (Wildman–Crippen LogP) is 5.02. The van der Waals surface area contributed by atoms with Gasteiger partial charge in [0.25, 0.3) is 0 Å². The summed E-state index contributed by atoms with van der Waals surface area (Å²) >= 11 is 6.26. The van der Waals surface area contributed by atoms with Crippen molar-refractivity contribution in [1.82, 2.24) is 35.8 Å². The van der Waals surface area contributed by atoms with E-state index in [1.165, 1.54) is 24.2 Å². The van der Waals surface area contributed by atoms with Crippen LogP contribution in [0.4, 0.5) is 16.2 Å². The molecule has 2 aromatic carbocycles. The minimum absolute atomic E-state index is 0.0998. The molecule has 0 saturated carbocycles. The van der Waals surface area contributed by atoms with Gasteiger partial charge in [0.1, 0.15) is 6.33 Å². The monoisotopic (exact) mass is 659 g/mol. The molecule has 4 aromatic rings. The summed E-state index contributed by atoms with van der Waals surface area (Å²) < 4.78 is 11.5. The van der Waals surface area contributed by atoms with Crippen LogP contribution in [-0.4, -0.2) is 77.1 Å². The van der Waals surface area contributed by atoms with Crippen molar-refractivity contribution < 1.29 is 19.1 Å². The van der Waals surface area contributed by atoms with Gasteiger partial charge in [0.15, 0.2) is 0 Å². The summed E-state index contributed by atoms with van der Waals surface area (Å²) in [7, 11) is 3.01. The van der Waals surface area contributed by atoms with Gasteiger partial charge < -0.3 is 25.4 Å². The maximum absolute atomic E-state index is 13.3. The van der Waals surface area contributed by atoms with Crippen LogP contribution >= 0.6 is 11.6 Å². The number of rotatable bonds is 10. The molecule has 2 bridgehead atoms. The molecule has 1 aliphatic rings. The first-order valence-electron chi connectivity index (χ1n) is 15.4. The maximum atomic E-state index is 13.3. The maximum Gasteiger partial charge on any atom is 0.411 e. The van der Waals surface area contributed by atoms with Gasteiger partial charge in [-0.15, -0.1) is 5.10 Å². The minimum Gasteiger partial charge on any atom is -0.453 e. The Morgan fingerprint density at radius 2 is 1.98 bits per heavy atom. The third kappa shape index (κ3) is 9.35. The largest absolute Gasteiger partial charge is 0.453 e. The Kier molecular flexibility index (Phi) is 11.9. The summed E-state index contributed by atoms with van der Waals surface area (Å²) in [6.07, 6.45) is 9.24. The average Bonchev–Trinajstić information content (AvgIpc) is 3.61. The quantitative estimate of drug-likeness (QED) is 0.135. The van der Waals surface area contributed by atoms with Crippen molar-refractivity contribution in [3.8, 4) is 16.8 Å². The molecule has 0 saturated heterocycles. The number of carbonyl (C=O) groups excluding carboxylic acids is 2. The molecular weight excluding hydrogens is 622 g/mol. The Morgan fingerprint density at radius 3 is 2.79 bits per heavy atom. The van der Waals surface area contributed by atoms with E-state index in [2.05, 4.69) is 41.8 Å². The highest BCUT2D eigenvalue weighted by atomic mass is 35.5. The summed E-state index contributed by atoms with van der Waals surface area (Å²) in [5, 5.41) is 25.0. The molecule has 4 N–H and O–H groups in total. The van der Waals surface area contributed by atoms with Crippen LogP contribution in [0.3, 0.4) is 0 Å². The normalized spacial score (nSPS) is 16.3. The summed E-state index contributed by atoms with van der Waals surface area (Å²) in [5.74, 6) is -0.266. The van der Waals surface area contributed by atoms with Crippen molar-refractivity contribution in [1.29, 1.82) is 0 Å². The summed E-state index contributed by atoms with van der Waals surface area (Å²) in [4.78, 5) is 30.0. The summed E-state index contributed by atoms with van der Waals surface area (Å²) in [5.41, 5.74) is 5.46. The van der Waals surface area contributed by atoms with Gasteiger partial charge in [-0.05, 0) is 77.4 Å². The highest BCUT2D eigenvalue weighted by Crippen LogP contribution is 2.34. The zero-order valence-electron chi connectivity index (χ0n) is 26.3. The van der Waals surface area contributed by atoms with Crippen molar-refractivity contribution in [3.63, 3.8) is 0 Å². The van der Waals surface area contributed by atoms with Crippen molar-refractivity contribution in [2.45, 2.75) is 37.8 Å². The molecule has 47 heavy (non-hydrogen) atoms. The van der Waals surface area contributed by atoms with E-state index in [9.17, 15) is 9.59 Å². The number of pyridine rings is 1. The average molecular weight is 660 g/mol. The Hall–Kier alpha value is -4.85. The Morgan fingerprint density at radius 1 is 1.11 bits per heavy atom. The molecule has 0 spiro atoms. The van der Waals surface area contributed by atoms with Crippen LogP contribution in [0.1, 0.15) is 43.0 Å². The molecule has 0 fully saturated rings. The number of amides is 2. The lowest BCUT2D eigenvalue weighted by atomic mass is 9.96. The van der Waals surface area contributed by atoms with Gasteiger partial charge in [0.05, 0.1) is 31.1 Å². The first-order chi connectivity index (χ1) is 22.9. The van der Waals surface area contributed by atoms with Gasteiger partial charge in [-0.2, -0.15) is 4.68 Å². The van der Waals surface area contributed by atoms with Crippen molar-refractivity contribution in [2.24, 2.45) is 0 Å². The predicted molar refractivity (Wildman–Crippen MR) is 180 cm³/mol. The van der Waals surface area contributed by atoms with E-state index in [-0.39, 0.29) is 18.0 Å². The molecule has 14 heteroatoms. The first-order valence-corrected chi connectivity index (χ1v) is 15.7. The fourth-order valence-electron chi connectivity index (χ4n) is 5.42. The van der Waals surface area contributed by atoms with Gasteiger partial charge >= 0.3 is 6.09 Å². The van der Waals surface area contributed by atoms with E-state index >= 15 is 0 Å². The lowest BCUT2D eigenvalue weighted by Crippen LogP contribution is -2.35. The van der Waals surface area contributed by atoms with Gasteiger partial charge in [-0.3, -0.25) is 15.1 Å². The zero-order chi connectivity index (χ0) is 33.0. The van der Waals surface area contributed by atoms with Crippen LogP contribution in [0.15, 0.2) is 67.1 Å². The lowest BCUT2D eigenvalue weighted by Gasteiger charge is -2.25. The fraction of sp³-hybridized carbons (Fsp3) is 0.333. The fourth-order valence-corrected chi connectivity index (χ4v) is 5.60. The number of nitrogens with zero attached hydrogens (tertiary/aromatic N) is 5. The number of methoxy groups -OCH3 is 2. The lowest BCUT2D eigenvalue weighted by molar-refractivity contribution is -0.117. The number of halogens is 1. The number of anilines is 2. The molecule has 2 amide bonds. The van der Waals surface area contributed by atoms with Crippen LogP contribution in [0, 0.1) is 0 Å². The van der Waals surface area contributed by atoms with Crippen LogP contribution in [0.2, 0.25) is 5.02 Å². The van der Waals surface area contributed by atoms with E-state index in [1.807, 2.05) is 30.3 Å².